The molecular weight excluding hydrogens is 209 g/mol. The molecule has 1 unspecified atom stereocenters. The minimum atomic E-state index is -0.209. The quantitative estimate of drug-likeness (QED) is 0.770. The lowest BCUT2D eigenvalue weighted by atomic mass is 10.1. The summed E-state index contributed by atoms with van der Waals surface area (Å²) < 4.78 is 13.9. The van der Waals surface area contributed by atoms with Crippen molar-refractivity contribution in [3.63, 3.8) is 0 Å². The van der Waals surface area contributed by atoms with E-state index >= 15 is 0 Å². The van der Waals surface area contributed by atoms with Gasteiger partial charge in [0.15, 0.2) is 0 Å². The van der Waals surface area contributed by atoms with Crippen LogP contribution in [0, 0.1) is 5.82 Å². The minimum Gasteiger partial charge on any atom is -0.320 e. The summed E-state index contributed by atoms with van der Waals surface area (Å²) in [6, 6.07) is 6.62. The molecule has 0 amide bonds. The van der Waals surface area contributed by atoms with E-state index in [0.717, 1.165) is 20.5 Å². The Morgan fingerprint density at radius 1 is 1.47 bits per heavy atom. The van der Waals surface area contributed by atoms with Gasteiger partial charge in [-0.2, -0.15) is 0 Å². The van der Waals surface area contributed by atoms with Crippen LogP contribution >= 0.6 is 11.3 Å². The predicted molar refractivity (Wildman–Crippen MR) is 63.5 cm³/mol. The molecular formula is C12H12FNS. The number of nitrogens with two attached hydrogens (primary N) is 1. The summed E-state index contributed by atoms with van der Waals surface area (Å²) in [5.41, 5.74) is 6.88. The van der Waals surface area contributed by atoms with E-state index in [1.807, 2.05) is 13.0 Å². The highest BCUT2D eigenvalue weighted by Gasteiger charge is 2.10. The smallest absolute Gasteiger partial charge is 0.124 e. The number of hydrogen-bond donors (Lipinski definition) is 1. The van der Waals surface area contributed by atoms with E-state index in [1.54, 1.807) is 6.07 Å². The Kier molecular flexibility index (Phi) is 2.59. The summed E-state index contributed by atoms with van der Waals surface area (Å²) in [6.07, 6.45) is 0. The van der Waals surface area contributed by atoms with E-state index in [9.17, 15) is 4.39 Å². The van der Waals surface area contributed by atoms with Crippen LogP contribution in [0.2, 0.25) is 0 Å². The van der Waals surface area contributed by atoms with Gasteiger partial charge < -0.3 is 5.73 Å². The molecule has 0 bridgehead atoms. The molecule has 1 atom stereocenters. The fourth-order valence-electron chi connectivity index (χ4n) is 1.42. The van der Waals surface area contributed by atoms with Gasteiger partial charge in [0, 0.05) is 9.58 Å². The van der Waals surface area contributed by atoms with Gasteiger partial charge in [0.2, 0.25) is 0 Å². The van der Waals surface area contributed by atoms with Gasteiger partial charge in [0.25, 0.3) is 0 Å². The van der Waals surface area contributed by atoms with Crippen LogP contribution in [0.4, 0.5) is 4.39 Å². The Morgan fingerprint density at radius 2 is 2.20 bits per heavy atom. The lowest BCUT2D eigenvalue weighted by Gasteiger charge is -2.07. The Bertz CT molecular complexity index is 515. The average molecular weight is 221 g/mol. The van der Waals surface area contributed by atoms with Gasteiger partial charge in [-0.25, -0.2) is 4.39 Å². The van der Waals surface area contributed by atoms with Gasteiger partial charge in [0.1, 0.15) is 5.82 Å². The molecule has 2 aromatic rings. The maximum atomic E-state index is 13.0. The van der Waals surface area contributed by atoms with Crippen LogP contribution in [0.3, 0.4) is 0 Å². The van der Waals surface area contributed by atoms with Crippen LogP contribution < -0.4 is 5.73 Å². The Labute approximate surface area is 92.0 Å². The second-order valence-electron chi connectivity index (χ2n) is 3.65. The van der Waals surface area contributed by atoms with Crippen LogP contribution in [0.25, 0.3) is 10.1 Å². The first-order valence-corrected chi connectivity index (χ1v) is 5.49. The second-order valence-corrected chi connectivity index (χ2v) is 4.77. The number of thiophene rings is 1. The van der Waals surface area contributed by atoms with Crippen molar-refractivity contribution in [1.82, 2.24) is 0 Å². The van der Waals surface area contributed by atoms with Crippen LogP contribution in [-0.4, -0.2) is 0 Å². The average Bonchev–Trinajstić information content (AvgIpc) is 2.58. The fourth-order valence-corrected chi connectivity index (χ4v) is 2.61. The molecule has 0 aliphatic rings. The van der Waals surface area contributed by atoms with E-state index in [-0.39, 0.29) is 11.9 Å². The van der Waals surface area contributed by atoms with Crippen molar-refractivity contribution in [3.8, 4) is 0 Å². The van der Waals surface area contributed by atoms with Crippen molar-refractivity contribution in [2.45, 2.75) is 13.0 Å². The monoisotopic (exact) mass is 221 g/mol. The molecule has 1 aromatic carbocycles. The van der Waals surface area contributed by atoms with Crippen LogP contribution in [0.15, 0.2) is 36.4 Å². The summed E-state index contributed by atoms with van der Waals surface area (Å²) in [6.45, 7) is 5.73. The minimum absolute atomic E-state index is 0.148. The fraction of sp³-hybridized carbons (Fsp3) is 0.167. The van der Waals surface area contributed by atoms with E-state index < -0.39 is 0 Å². The van der Waals surface area contributed by atoms with E-state index in [1.165, 1.54) is 23.5 Å². The summed E-state index contributed by atoms with van der Waals surface area (Å²) >= 11 is 1.52. The third kappa shape index (κ3) is 1.94. The van der Waals surface area contributed by atoms with Crippen molar-refractivity contribution >= 4 is 21.4 Å². The first kappa shape index (κ1) is 10.3. The first-order chi connectivity index (χ1) is 7.08. The normalized spacial score (nSPS) is 13.0. The highest BCUT2D eigenvalue weighted by molar-refractivity contribution is 7.19. The van der Waals surface area contributed by atoms with Crippen molar-refractivity contribution in [2.24, 2.45) is 5.73 Å². The number of halogens is 1. The third-order valence-electron chi connectivity index (χ3n) is 2.34. The zero-order valence-electron chi connectivity index (χ0n) is 8.46. The number of hydrogen-bond acceptors (Lipinski definition) is 2. The first-order valence-electron chi connectivity index (χ1n) is 4.68. The molecule has 78 valence electrons. The Morgan fingerprint density at radius 3 is 2.87 bits per heavy atom. The van der Waals surface area contributed by atoms with E-state index in [4.69, 9.17) is 5.73 Å². The van der Waals surface area contributed by atoms with Gasteiger partial charge in [-0.1, -0.05) is 18.2 Å². The summed E-state index contributed by atoms with van der Waals surface area (Å²) in [5.74, 6) is -0.209. The van der Waals surface area contributed by atoms with Gasteiger partial charge in [-0.3, -0.25) is 0 Å². The van der Waals surface area contributed by atoms with Crippen molar-refractivity contribution in [3.05, 3.63) is 47.1 Å². The van der Waals surface area contributed by atoms with Crippen LogP contribution in [0.5, 0.6) is 0 Å². The van der Waals surface area contributed by atoms with Crippen LogP contribution in [-0.2, 0) is 0 Å². The molecule has 2 N–H and O–H groups in total. The predicted octanol–water partition coefficient (Wildman–Crippen LogP) is 3.62. The molecule has 3 heteroatoms. The van der Waals surface area contributed by atoms with Gasteiger partial charge in [-0.05, 0) is 30.5 Å². The molecule has 0 saturated heterocycles. The molecule has 0 aliphatic carbocycles. The molecule has 15 heavy (non-hydrogen) atoms. The van der Waals surface area contributed by atoms with E-state index in [0.29, 0.717) is 0 Å². The molecule has 1 heterocycles. The number of benzene rings is 1. The molecule has 1 nitrogen and oxygen atoms in total. The van der Waals surface area contributed by atoms with E-state index in [2.05, 4.69) is 6.58 Å². The van der Waals surface area contributed by atoms with Crippen molar-refractivity contribution < 1.29 is 4.39 Å². The topological polar surface area (TPSA) is 26.0 Å². The third-order valence-corrected chi connectivity index (χ3v) is 3.52. The summed E-state index contributed by atoms with van der Waals surface area (Å²) in [5, 5.41) is 1.04. The maximum absolute atomic E-state index is 13.0. The molecule has 1 aromatic heterocycles. The largest absolute Gasteiger partial charge is 0.320 e. The SMILES string of the molecule is C=C(C)C(N)c1cc2ccc(F)cc2s1. The highest BCUT2D eigenvalue weighted by Crippen LogP contribution is 2.31. The summed E-state index contributed by atoms with van der Waals surface area (Å²) in [4.78, 5) is 1.03. The zero-order valence-corrected chi connectivity index (χ0v) is 9.27. The van der Waals surface area contributed by atoms with Crippen molar-refractivity contribution in [1.29, 1.82) is 0 Å². The Hall–Kier alpha value is -1.19. The second kappa shape index (κ2) is 3.76. The van der Waals surface area contributed by atoms with Gasteiger partial charge in [0.05, 0.1) is 6.04 Å². The lowest BCUT2D eigenvalue weighted by Crippen LogP contribution is -2.08. The zero-order chi connectivity index (χ0) is 11.0. The molecule has 0 aliphatic heterocycles. The van der Waals surface area contributed by atoms with Crippen molar-refractivity contribution in [2.75, 3.05) is 0 Å². The standard InChI is InChI=1S/C12H12FNS/c1-7(2)12(14)11-5-8-3-4-9(13)6-10(8)15-11/h3-6,12H,1,14H2,2H3. The highest BCUT2D eigenvalue weighted by atomic mass is 32.1. The molecule has 0 fully saturated rings. The number of fused-ring (bicyclic) bond motifs is 1. The molecule has 0 saturated carbocycles. The summed E-state index contributed by atoms with van der Waals surface area (Å²) in [7, 11) is 0. The molecule has 0 spiro atoms. The van der Waals surface area contributed by atoms with Crippen LogP contribution in [0.1, 0.15) is 17.8 Å². The number of rotatable bonds is 2. The van der Waals surface area contributed by atoms with Gasteiger partial charge in [-0.15, -0.1) is 11.3 Å². The molecule has 2 rings (SSSR count). The van der Waals surface area contributed by atoms with Gasteiger partial charge >= 0.3 is 0 Å². The maximum Gasteiger partial charge on any atom is 0.124 e. The lowest BCUT2D eigenvalue weighted by molar-refractivity contribution is 0.630. The Balaban J connectivity index is 2.51. The molecule has 0 radical (unpaired) electrons.